The Bertz CT molecular complexity index is 1130. The van der Waals surface area contributed by atoms with E-state index in [0.717, 1.165) is 22.8 Å². The molecule has 3 aromatic carbocycles. The van der Waals surface area contributed by atoms with E-state index in [4.69, 9.17) is 4.74 Å². The Hall–Kier alpha value is -3.41. The molecule has 0 N–H and O–H groups in total. The van der Waals surface area contributed by atoms with Gasteiger partial charge in [0.15, 0.2) is 5.78 Å². The zero-order valence-corrected chi connectivity index (χ0v) is 18.2. The molecule has 1 atom stereocenters. The van der Waals surface area contributed by atoms with Crippen molar-refractivity contribution in [1.29, 1.82) is 0 Å². The summed E-state index contributed by atoms with van der Waals surface area (Å²) in [7, 11) is 0. The average molecular weight is 409 g/mol. The topological polar surface area (TPSA) is 26.3 Å². The molecule has 0 saturated carbocycles. The van der Waals surface area contributed by atoms with Crippen molar-refractivity contribution in [3.05, 3.63) is 109 Å². The summed E-state index contributed by atoms with van der Waals surface area (Å²) in [5, 5.41) is 2.17. The zero-order valence-electron chi connectivity index (χ0n) is 18.2. The number of fused-ring (bicyclic) bond motifs is 1. The molecule has 0 aliphatic rings. The first-order valence-corrected chi connectivity index (χ1v) is 10.5. The summed E-state index contributed by atoms with van der Waals surface area (Å²) < 4.78 is 6.07. The van der Waals surface area contributed by atoms with Crippen LogP contribution in [-0.4, -0.2) is 11.9 Å². The summed E-state index contributed by atoms with van der Waals surface area (Å²) in [6, 6.07) is 23.8. The number of allylic oxidation sites excluding steroid dienone is 3. The van der Waals surface area contributed by atoms with Crippen LogP contribution in [-0.2, 0) is 11.3 Å². The van der Waals surface area contributed by atoms with Gasteiger partial charge in [0.1, 0.15) is 6.10 Å². The van der Waals surface area contributed by atoms with Crippen LogP contribution < -0.4 is 0 Å². The van der Waals surface area contributed by atoms with Gasteiger partial charge in [-0.2, -0.15) is 0 Å². The minimum atomic E-state index is -0.256. The highest BCUT2D eigenvalue weighted by Gasteiger charge is 2.19. The highest BCUT2D eigenvalue weighted by molar-refractivity contribution is 6.06. The molecule has 0 saturated heterocycles. The van der Waals surface area contributed by atoms with Crippen LogP contribution in [0.2, 0.25) is 0 Å². The molecule has 0 bridgehead atoms. The molecule has 0 fully saturated rings. The summed E-state index contributed by atoms with van der Waals surface area (Å²) in [5.74, 6) is 6.09. The van der Waals surface area contributed by atoms with Crippen molar-refractivity contribution in [1.82, 2.24) is 0 Å². The quantitative estimate of drug-likeness (QED) is 0.178. The number of ketones is 1. The maximum absolute atomic E-state index is 12.5. The van der Waals surface area contributed by atoms with Crippen LogP contribution in [0.3, 0.4) is 0 Å². The number of ether oxygens (including phenoxy) is 1. The van der Waals surface area contributed by atoms with E-state index in [1.54, 1.807) is 6.08 Å². The van der Waals surface area contributed by atoms with E-state index in [1.165, 1.54) is 6.08 Å². The molecule has 0 spiro atoms. The zero-order chi connectivity index (χ0) is 22.1. The Kier molecular flexibility index (Phi) is 7.60. The monoisotopic (exact) mass is 408 g/mol. The maximum atomic E-state index is 12.5. The molecule has 0 aromatic heterocycles. The minimum Gasteiger partial charge on any atom is -0.361 e. The molecule has 1 unspecified atom stereocenters. The minimum absolute atomic E-state index is 0.0618. The van der Waals surface area contributed by atoms with Crippen LogP contribution >= 0.6 is 0 Å². The Balaban J connectivity index is 1.68. The van der Waals surface area contributed by atoms with Gasteiger partial charge >= 0.3 is 0 Å². The number of carbonyl (C=O) groups excluding carboxylic acids is 1. The summed E-state index contributed by atoms with van der Waals surface area (Å²) in [5.41, 5.74) is 1.66. The van der Waals surface area contributed by atoms with E-state index in [1.807, 2.05) is 78.9 Å². The second-order valence-electron chi connectivity index (χ2n) is 8.23. The molecule has 0 aliphatic heterocycles. The average Bonchev–Trinajstić information content (AvgIpc) is 2.80. The summed E-state index contributed by atoms with van der Waals surface area (Å²) in [4.78, 5) is 12.5. The highest BCUT2D eigenvalue weighted by Crippen LogP contribution is 2.25. The van der Waals surface area contributed by atoms with Crippen LogP contribution in [0.15, 0.2) is 97.6 Å². The first-order chi connectivity index (χ1) is 15.0. The number of hydrogen-bond acceptors (Lipinski definition) is 2. The lowest BCUT2D eigenvalue weighted by Gasteiger charge is -2.23. The number of benzene rings is 3. The first kappa shape index (κ1) is 22.3. The van der Waals surface area contributed by atoms with Crippen LogP contribution in [0.25, 0.3) is 10.8 Å². The molecule has 31 heavy (non-hydrogen) atoms. The second kappa shape index (κ2) is 10.6. The van der Waals surface area contributed by atoms with Gasteiger partial charge in [-0.3, -0.25) is 4.79 Å². The van der Waals surface area contributed by atoms with Gasteiger partial charge in [0.2, 0.25) is 0 Å². The number of carbonyl (C=O) groups is 1. The third kappa shape index (κ3) is 6.81. The lowest BCUT2D eigenvalue weighted by molar-refractivity contribution is 0.0558. The van der Waals surface area contributed by atoms with Crippen molar-refractivity contribution < 1.29 is 9.53 Å². The van der Waals surface area contributed by atoms with Gasteiger partial charge in [0.25, 0.3) is 0 Å². The van der Waals surface area contributed by atoms with Crippen molar-refractivity contribution in [2.24, 2.45) is 5.41 Å². The molecule has 0 heterocycles. The predicted octanol–water partition coefficient (Wildman–Crippen LogP) is 6.77. The molecule has 156 valence electrons. The second-order valence-corrected chi connectivity index (χ2v) is 8.23. The van der Waals surface area contributed by atoms with E-state index >= 15 is 0 Å². The fourth-order valence-electron chi connectivity index (χ4n) is 3.18. The lowest BCUT2D eigenvalue weighted by atomic mass is 9.87. The van der Waals surface area contributed by atoms with E-state index in [9.17, 15) is 4.79 Å². The molecule has 2 heteroatoms. The Labute approximate surface area is 185 Å². The van der Waals surface area contributed by atoms with Crippen molar-refractivity contribution >= 4 is 16.6 Å². The van der Waals surface area contributed by atoms with Crippen molar-refractivity contribution in [2.45, 2.75) is 33.0 Å². The molecule has 0 radical (unpaired) electrons. The van der Waals surface area contributed by atoms with Crippen molar-refractivity contribution in [2.75, 3.05) is 0 Å². The summed E-state index contributed by atoms with van der Waals surface area (Å²) in [6.45, 7) is 8.63. The largest absolute Gasteiger partial charge is 0.361 e. The Morgan fingerprint density at radius 2 is 1.74 bits per heavy atom. The molecule has 3 rings (SSSR count). The Morgan fingerprint density at radius 3 is 2.48 bits per heavy atom. The van der Waals surface area contributed by atoms with Crippen LogP contribution in [0.4, 0.5) is 0 Å². The summed E-state index contributed by atoms with van der Waals surface area (Å²) in [6.07, 6.45) is 5.52. The Morgan fingerprint density at radius 1 is 1.03 bits per heavy atom. The molecule has 3 aromatic rings. The highest BCUT2D eigenvalue weighted by atomic mass is 16.5. The van der Waals surface area contributed by atoms with Crippen LogP contribution in [0.5, 0.6) is 0 Å². The van der Waals surface area contributed by atoms with Gasteiger partial charge in [-0.1, -0.05) is 98.5 Å². The fourth-order valence-corrected chi connectivity index (χ4v) is 3.18. The van der Waals surface area contributed by atoms with E-state index < -0.39 is 0 Å². The predicted molar refractivity (Wildman–Crippen MR) is 129 cm³/mol. The van der Waals surface area contributed by atoms with Gasteiger partial charge in [0.05, 0.1) is 6.61 Å². The van der Waals surface area contributed by atoms with Gasteiger partial charge in [0, 0.05) is 5.56 Å². The fraction of sp³-hybridized carbons (Fsp3) is 0.207. The molecular formula is C29H28O2. The van der Waals surface area contributed by atoms with Gasteiger partial charge in [-0.15, -0.1) is 6.58 Å². The van der Waals surface area contributed by atoms with Crippen LogP contribution in [0.1, 0.15) is 36.2 Å². The van der Waals surface area contributed by atoms with Gasteiger partial charge < -0.3 is 4.74 Å². The molecule has 2 nitrogen and oxygen atoms in total. The maximum Gasteiger partial charge on any atom is 0.186 e. The van der Waals surface area contributed by atoms with Gasteiger partial charge in [-0.05, 0) is 46.4 Å². The van der Waals surface area contributed by atoms with Crippen LogP contribution in [0, 0.1) is 17.3 Å². The first-order valence-electron chi connectivity index (χ1n) is 10.5. The summed E-state index contributed by atoms with van der Waals surface area (Å²) >= 11 is 0. The SMILES string of the molecule is C=CC(C)(C)CC(C#C/C=C/C(=O)c1ccc2ccccc2c1)OCc1ccccc1. The van der Waals surface area contributed by atoms with Crippen molar-refractivity contribution in [3.63, 3.8) is 0 Å². The standard InChI is InChI=1S/C29H28O2/c1-4-29(2,3)21-27(31-22-23-12-6-5-7-13-23)16-10-11-17-28(30)26-19-18-24-14-8-9-15-25(24)20-26/h4-9,11-15,17-20,27H,1,21-22H2,2-3H3/b17-11+. The van der Waals surface area contributed by atoms with E-state index in [-0.39, 0.29) is 17.3 Å². The lowest BCUT2D eigenvalue weighted by Crippen LogP contribution is -2.20. The normalized spacial score (nSPS) is 12.3. The van der Waals surface area contributed by atoms with Gasteiger partial charge in [-0.25, -0.2) is 0 Å². The molecule has 0 aliphatic carbocycles. The number of hydrogen-bond donors (Lipinski definition) is 0. The third-order valence-electron chi connectivity index (χ3n) is 5.15. The van der Waals surface area contributed by atoms with E-state index in [0.29, 0.717) is 12.2 Å². The van der Waals surface area contributed by atoms with Crippen molar-refractivity contribution in [3.8, 4) is 11.8 Å². The third-order valence-corrected chi connectivity index (χ3v) is 5.15. The number of rotatable bonds is 8. The molecule has 0 amide bonds. The smallest absolute Gasteiger partial charge is 0.186 e. The molecular weight excluding hydrogens is 380 g/mol. The van der Waals surface area contributed by atoms with E-state index in [2.05, 4.69) is 32.3 Å².